The quantitative estimate of drug-likeness (QED) is 0.732. The number of halogens is 10. The van der Waals surface area contributed by atoms with Crippen LogP contribution >= 0.6 is 12.4 Å². The fourth-order valence-electron chi connectivity index (χ4n) is 1.35. The van der Waals surface area contributed by atoms with Gasteiger partial charge in [0.05, 0.1) is 11.1 Å². The molecule has 1 rings (SSSR count). The highest BCUT2D eigenvalue weighted by Gasteiger charge is 2.42. The second kappa shape index (κ2) is 5.91. The maximum absolute atomic E-state index is 12.4. The first-order chi connectivity index (χ1) is 8.73. The Morgan fingerprint density at radius 2 is 1.05 bits per heavy atom. The zero-order valence-electron chi connectivity index (χ0n) is 9.70. The van der Waals surface area contributed by atoms with Gasteiger partial charge >= 0.3 is 18.5 Å². The van der Waals surface area contributed by atoms with Crippen molar-refractivity contribution in [3.8, 4) is 0 Å². The van der Waals surface area contributed by atoms with Gasteiger partial charge in [0.2, 0.25) is 0 Å². The van der Waals surface area contributed by atoms with E-state index in [1.165, 1.54) is 0 Å². The largest absolute Gasteiger partial charge is 0.416 e. The maximum Gasteiger partial charge on any atom is 0.416 e. The van der Waals surface area contributed by atoms with E-state index in [1.54, 1.807) is 0 Å². The van der Waals surface area contributed by atoms with Crippen LogP contribution in [-0.4, -0.2) is 6.18 Å². The summed E-state index contributed by atoms with van der Waals surface area (Å²) in [5.74, 6) is 0. The lowest BCUT2D eigenvalue weighted by Crippen LogP contribution is -2.29. The third-order valence-electron chi connectivity index (χ3n) is 2.32. The van der Waals surface area contributed by atoms with E-state index in [2.05, 4.69) is 5.73 Å². The first-order valence-electron chi connectivity index (χ1n) is 4.84. The average molecular weight is 348 g/mol. The summed E-state index contributed by atoms with van der Waals surface area (Å²) in [6, 6.07) is -3.31. The van der Waals surface area contributed by atoms with E-state index in [9.17, 15) is 39.5 Å². The van der Waals surface area contributed by atoms with Crippen LogP contribution in [0.3, 0.4) is 0 Å². The molecule has 0 heterocycles. The normalized spacial score (nSPS) is 14.6. The van der Waals surface area contributed by atoms with Crippen LogP contribution in [0.1, 0.15) is 22.7 Å². The van der Waals surface area contributed by atoms with Crippen LogP contribution in [0.25, 0.3) is 0 Å². The Balaban J connectivity index is 0.00000400. The van der Waals surface area contributed by atoms with E-state index in [-0.39, 0.29) is 30.6 Å². The van der Waals surface area contributed by atoms with Crippen molar-refractivity contribution in [3.05, 3.63) is 34.9 Å². The number of benzene rings is 1. The van der Waals surface area contributed by atoms with Crippen LogP contribution in [0.5, 0.6) is 0 Å². The summed E-state index contributed by atoms with van der Waals surface area (Å²) < 4.78 is 111. The Hall–Kier alpha value is -1.16. The average Bonchev–Trinajstić information content (AvgIpc) is 2.23. The highest BCUT2D eigenvalue weighted by Crippen LogP contribution is 2.39. The Morgan fingerprint density at radius 3 is 1.29 bits per heavy atom. The molecule has 1 aromatic rings. The van der Waals surface area contributed by atoms with Crippen LogP contribution in [-0.2, 0) is 12.4 Å². The van der Waals surface area contributed by atoms with E-state index >= 15 is 0 Å². The van der Waals surface area contributed by atoms with Gasteiger partial charge in [-0.2, -0.15) is 39.5 Å². The molecule has 1 aromatic carbocycles. The van der Waals surface area contributed by atoms with Gasteiger partial charge in [0.25, 0.3) is 0 Å². The molecule has 0 spiro atoms. The summed E-state index contributed by atoms with van der Waals surface area (Å²) in [6.07, 6.45) is -15.6. The number of hydrogen-bond donors (Lipinski definition) is 1. The summed E-state index contributed by atoms with van der Waals surface area (Å²) in [7, 11) is 0. The molecule has 0 saturated heterocycles. The van der Waals surface area contributed by atoms with Crippen molar-refractivity contribution in [2.45, 2.75) is 24.6 Å². The van der Waals surface area contributed by atoms with Gasteiger partial charge in [-0.05, 0) is 23.8 Å². The number of hydrogen-bond acceptors (Lipinski definition) is 1. The molecule has 1 atom stereocenters. The van der Waals surface area contributed by atoms with E-state index in [1.807, 2.05) is 0 Å². The number of nitrogens with two attached hydrogens (primary N) is 1. The van der Waals surface area contributed by atoms with Gasteiger partial charge < -0.3 is 5.73 Å². The van der Waals surface area contributed by atoms with E-state index in [0.717, 1.165) is 0 Å². The lowest BCUT2D eigenvalue weighted by atomic mass is 9.99. The molecule has 0 amide bonds. The van der Waals surface area contributed by atoms with Crippen LogP contribution in [0.4, 0.5) is 39.5 Å². The molecule has 0 aliphatic carbocycles. The van der Waals surface area contributed by atoms with Crippen LogP contribution in [0.2, 0.25) is 0 Å². The smallest absolute Gasteiger partial charge is 0.316 e. The maximum atomic E-state index is 12.4. The van der Waals surface area contributed by atoms with Crippen LogP contribution in [0.15, 0.2) is 18.2 Å². The summed E-state index contributed by atoms with van der Waals surface area (Å²) in [5.41, 5.74) is -0.360. The van der Waals surface area contributed by atoms with Crippen molar-refractivity contribution in [2.75, 3.05) is 0 Å². The zero-order chi connectivity index (χ0) is 15.9. The van der Waals surface area contributed by atoms with Crippen LogP contribution in [0, 0.1) is 0 Å². The molecule has 0 aliphatic rings. The van der Waals surface area contributed by atoms with Gasteiger partial charge in [0.15, 0.2) is 0 Å². The fourth-order valence-corrected chi connectivity index (χ4v) is 1.35. The fraction of sp³-hybridized carbons (Fsp3) is 0.400. The van der Waals surface area contributed by atoms with Gasteiger partial charge in [0, 0.05) is 0 Å². The second-order valence-corrected chi connectivity index (χ2v) is 3.86. The van der Waals surface area contributed by atoms with Crippen molar-refractivity contribution >= 4 is 12.4 Å². The Morgan fingerprint density at radius 1 is 0.714 bits per heavy atom. The van der Waals surface area contributed by atoms with E-state index in [4.69, 9.17) is 0 Å². The second-order valence-electron chi connectivity index (χ2n) is 3.86. The molecular formula is C10H7ClF9N. The number of alkyl halides is 9. The van der Waals surface area contributed by atoms with Gasteiger partial charge in [-0.3, -0.25) is 0 Å². The minimum absolute atomic E-state index is 0. The zero-order valence-corrected chi connectivity index (χ0v) is 10.5. The van der Waals surface area contributed by atoms with E-state index in [0.29, 0.717) is 0 Å². The Kier molecular flexibility index (Phi) is 5.59. The highest BCUT2D eigenvalue weighted by molar-refractivity contribution is 5.85. The molecule has 1 nitrogen and oxygen atoms in total. The van der Waals surface area contributed by atoms with Gasteiger partial charge in [-0.1, -0.05) is 0 Å². The van der Waals surface area contributed by atoms with E-state index < -0.39 is 41.3 Å². The summed E-state index contributed by atoms with van der Waals surface area (Å²) in [5, 5.41) is 0. The van der Waals surface area contributed by atoms with Crippen molar-refractivity contribution in [2.24, 2.45) is 5.73 Å². The molecule has 11 heteroatoms. The topological polar surface area (TPSA) is 26.0 Å². The summed E-state index contributed by atoms with van der Waals surface area (Å²) >= 11 is 0. The van der Waals surface area contributed by atoms with Gasteiger partial charge in [-0.25, -0.2) is 0 Å². The van der Waals surface area contributed by atoms with Crippen molar-refractivity contribution < 1.29 is 39.5 Å². The Bertz CT molecular complexity index is 457. The molecule has 0 bridgehead atoms. The molecular weight excluding hydrogens is 341 g/mol. The summed E-state index contributed by atoms with van der Waals surface area (Å²) in [6.45, 7) is 0. The van der Waals surface area contributed by atoms with Crippen molar-refractivity contribution in [1.82, 2.24) is 0 Å². The molecule has 0 saturated carbocycles. The molecule has 0 fully saturated rings. The Labute approximate surface area is 118 Å². The molecule has 2 N–H and O–H groups in total. The van der Waals surface area contributed by atoms with Crippen molar-refractivity contribution in [3.63, 3.8) is 0 Å². The molecule has 122 valence electrons. The molecule has 0 aliphatic heterocycles. The first-order valence-corrected chi connectivity index (χ1v) is 4.84. The third-order valence-corrected chi connectivity index (χ3v) is 2.32. The summed E-state index contributed by atoms with van der Waals surface area (Å²) in [4.78, 5) is 0. The first kappa shape index (κ1) is 19.8. The molecule has 1 unspecified atom stereocenters. The predicted molar refractivity (Wildman–Crippen MR) is 56.7 cm³/mol. The highest BCUT2D eigenvalue weighted by atomic mass is 35.5. The minimum atomic E-state index is -5.22. The predicted octanol–water partition coefficient (Wildman–Crippen LogP) is 4.71. The lowest BCUT2D eigenvalue weighted by Gasteiger charge is -2.19. The minimum Gasteiger partial charge on any atom is -0.316 e. The molecule has 0 aromatic heterocycles. The standard InChI is InChI=1S/C10H6F9N.ClH/c11-8(12,13)5-1-4(7(20)10(17,18)19)2-6(3-5)9(14,15)16;/h1-3,7H,20H2;1H. The number of rotatable bonds is 1. The third kappa shape index (κ3) is 4.95. The molecule has 0 radical (unpaired) electrons. The van der Waals surface area contributed by atoms with Crippen LogP contribution < -0.4 is 5.73 Å². The van der Waals surface area contributed by atoms with Gasteiger partial charge in [0.1, 0.15) is 6.04 Å². The monoisotopic (exact) mass is 347 g/mol. The van der Waals surface area contributed by atoms with Gasteiger partial charge in [-0.15, -0.1) is 12.4 Å². The SMILES string of the molecule is Cl.NC(c1cc(C(F)(F)F)cc(C(F)(F)F)c1)C(F)(F)F. The van der Waals surface area contributed by atoms with Crippen molar-refractivity contribution in [1.29, 1.82) is 0 Å². The lowest BCUT2D eigenvalue weighted by molar-refractivity contribution is -0.152. The molecule has 21 heavy (non-hydrogen) atoms.